The van der Waals surface area contributed by atoms with Crippen LogP contribution in [0.2, 0.25) is 5.02 Å². The number of halogens is 1. The van der Waals surface area contributed by atoms with Crippen molar-refractivity contribution in [3.8, 4) is 0 Å². The summed E-state index contributed by atoms with van der Waals surface area (Å²) >= 11 is 7.54. The molecule has 1 aromatic rings. The summed E-state index contributed by atoms with van der Waals surface area (Å²) in [6.07, 6.45) is 1.93. The minimum absolute atomic E-state index is 0.139. The van der Waals surface area contributed by atoms with Crippen LogP contribution in [0.3, 0.4) is 0 Å². The van der Waals surface area contributed by atoms with Gasteiger partial charge in [-0.2, -0.15) is 11.8 Å². The lowest BCUT2D eigenvalue weighted by atomic mass is 10.1. The summed E-state index contributed by atoms with van der Waals surface area (Å²) in [5, 5.41) is 0.379. The largest absolute Gasteiger partial charge is 0.326 e. The Labute approximate surface area is 124 Å². The van der Waals surface area contributed by atoms with E-state index < -0.39 is 10.0 Å². The average Bonchev–Trinajstić information content (AvgIpc) is 2.31. The maximum absolute atomic E-state index is 12.3. The molecule has 3 N–H and O–H groups in total. The maximum Gasteiger partial charge on any atom is 0.241 e. The van der Waals surface area contributed by atoms with E-state index in [1.54, 1.807) is 24.8 Å². The second-order valence-electron chi connectivity index (χ2n) is 4.37. The van der Waals surface area contributed by atoms with Crippen molar-refractivity contribution in [2.75, 3.05) is 12.0 Å². The number of benzene rings is 1. The minimum Gasteiger partial charge on any atom is -0.326 e. The van der Waals surface area contributed by atoms with E-state index in [9.17, 15) is 8.42 Å². The first-order valence-electron chi connectivity index (χ1n) is 5.82. The van der Waals surface area contributed by atoms with Gasteiger partial charge >= 0.3 is 0 Å². The molecule has 1 unspecified atom stereocenters. The van der Waals surface area contributed by atoms with Gasteiger partial charge in [0.2, 0.25) is 10.0 Å². The zero-order chi connectivity index (χ0) is 14.6. The molecule has 0 bridgehead atoms. The monoisotopic (exact) mass is 322 g/mol. The van der Waals surface area contributed by atoms with Gasteiger partial charge in [-0.05, 0) is 43.4 Å². The summed E-state index contributed by atoms with van der Waals surface area (Å²) < 4.78 is 27.3. The Morgan fingerprint density at radius 3 is 2.63 bits per heavy atom. The molecule has 19 heavy (non-hydrogen) atoms. The molecule has 0 amide bonds. The van der Waals surface area contributed by atoms with Crippen LogP contribution in [0.1, 0.15) is 18.1 Å². The van der Waals surface area contributed by atoms with Gasteiger partial charge in [-0.15, -0.1) is 0 Å². The van der Waals surface area contributed by atoms with E-state index in [2.05, 4.69) is 4.72 Å². The molecule has 0 aliphatic carbocycles. The van der Waals surface area contributed by atoms with E-state index in [4.69, 9.17) is 17.3 Å². The molecule has 0 spiro atoms. The quantitative estimate of drug-likeness (QED) is 0.841. The third-order valence-corrected chi connectivity index (χ3v) is 5.48. The Kier molecular flexibility index (Phi) is 6.14. The SMILES string of the molecule is CSCC(C)NS(=O)(=O)c1cc(Cl)cc(CN)c1C. The highest BCUT2D eigenvalue weighted by molar-refractivity contribution is 7.98. The molecule has 0 aliphatic rings. The van der Waals surface area contributed by atoms with E-state index >= 15 is 0 Å². The first-order valence-corrected chi connectivity index (χ1v) is 9.07. The van der Waals surface area contributed by atoms with Gasteiger partial charge in [0.1, 0.15) is 0 Å². The summed E-state index contributed by atoms with van der Waals surface area (Å²) in [7, 11) is -3.57. The molecular formula is C12H19ClN2O2S2. The molecule has 7 heteroatoms. The van der Waals surface area contributed by atoms with Crippen molar-refractivity contribution in [1.82, 2.24) is 4.72 Å². The summed E-state index contributed by atoms with van der Waals surface area (Å²) in [6.45, 7) is 3.83. The van der Waals surface area contributed by atoms with Crippen LogP contribution in [0.4, 0.5) is 0 Å². The smallest absolute Gasteiger partial charge is 0.241 e. The molecule has 108 valence electrons. The molecule has 0 fully saturated rings. The van der Waals surface area contributed by atoms with Gasteiger partial charge in [0.05, 0.1) is 4.90 Å². The van der Waals surface area contributed by atoms with Crippen LogP contribution in [0.25, 0.3) is 0 Å². The van der Waals surface area contributed by atoms with Crippen molar-refractivity contribution in [3.63, 3.8) is 0 Å². The number of hydrogen-bond acceptors (Lipinski definition) is 4. The van der Waals surface area contributed by atoms with Crippen molar-refractivity contribution in [2.24, 2.45) is 5.73 Å². The third kappa shape index (κ3) is 4.36. The number of sulfonamides is 1. The summed E-state index contributed by atoms with van der Waals surface area (Å²) in [5.41, 5.74) is 6.99. The van der Waals surface area contributed by atoms with Gasteiger partial charge in [0.15, 0.2) is 0 Å². The lowest BCUT2D eigenvalue weighted by Gasteiger charge is -2.16. The highest BCUT2D eigenvalue weighted by Crippen LogP contribution is 2.24. The fourth-order valence-electron chi connectivity index (χ4n) is 1.81. The molecule has 1 rings (SSSR count). The van der Waals surface area contributed by atoms with Gasteiger partial charge in [-0.25, -0.2) is 13.1 Å². The molecule has 1 aromatic carbocycles. The Bertz CT molecular complexity index is 547. The van der Waals surface area contributed by atoms with Crippen molar-refractivity contribution in [2.45, 2.75) is 31.3 Å². The van der Waals surface area contributed by atoms with Crippen molar-refractivity contribution < 1.29 is 8.42 Å². The van der Waals surface area contributed by atoms with Crippen LogP contribution in [0.5, 0.6) is 0 Å². The number of nitrogens with two attached hydrogens (primary N) is 1. The van der Waals surface area contributed by atoms with Crippen LogP contribution < -0.4 is 10.5 Å². The summed E-state index contributed by atoms with van der Waals surface area (Å²) in [6, 6.07) is 3.02. The Morgan fingerprint density at radius 1 is 1.47 bits per heavy atom. The maximum atomic E-state index is 12.3. The van der Waals surface area contributed by atoms with Crippen LogP contribution in [-0.2, 0) is 16.6 Å². The van der Waals surface area contributed by atoms with E-state index in [0.29, 0.717) is 16.3 Å². The lowest BCUT2D eigenvalue weighted by Crippen LogP contribution is -2.34. The molecule has 0 aromatic heterocycles. The molecule has 0 saturated heterocycles. The number of rotatable bonds is 6. The Hall–Kier alpha value is -0.270. The van der Waals surface area contributed by atoms with Gasteiger partial charge < -0.3 is 5.73 Å². The second kappa shape index (κ2) is 6.95. The number of thioether (sulfide) groups is 1. The Balaban J connectivity index is 3.18. The van der Waals surface area contributed by atoms with Crippen LogP contribution in [0.15, 0.2) is 17.0 Å². The van der Waals surface area contributed by atoms with E-state index in [1.807, 2.05) is 13.2 Å². The van der Waals surface area contributed by atoms with Crippen LogP contribution >= 0.6 is 23.4 Å². The lowest BCUT2D eigenvalue weighted by molar-refractivity contribution is 0.570. The van der Waals surface area contributed by atoms with E-state index in [0.717, 1.165) is 5.56 Å². The molecule has 0 heterocycles. The highest BCUT2D eigenvalue weighted by atomic mass is 35.5. The fourth-order valence-corrected chi connectivity index (χ4v) is 4.36. The van der Waals surface area contributed by atoms with E-state index in [1.165, 1.54) is 6.07 Å². The molecular weight excluding hydrogens is 304 g/mol. The minimum atomic E-state index is -3.57. The zero-order valence-electron chi connectivity index (χ0n) is 11.2. The van der Waals surface area contributed by atoms with Crippen LogP contribution in [-0.4, -0.2) is 26.5 Å². The first-order chi connectivity index (χ1) is 8.81. The second-order valence-corrected chi connectivity index (χ2v) is 7.40. The first kappa shape index (κ1) is 16.8. The predicted molar refractivity (Wildman–Crippen MR) is 82.2 cm³/mol. The standard InChI is InChI=1S/C12H19ClN2O2S2/c1-8(7-18-3)15-19(16,17)12-5-11(13)4-10(6-14)9(12)2/h4-5,8,15H,6-7,14H2,1-3H3. The average molecular weight is 323 g/mol. The predicted octanol–water partition coefficient (Wildman–Crippen LogP) is 2.14. The van der Waals surface area contributed by atoms with E-state index in [-0.39, 0.29) is 17.5 Å². The number of hydrogen-bond donors (Lipinski definition) is 2. The van der Waals surface area contributed by atoms with Gasteiger partial charge in [0.25, 0.3) is 0 Å². The molecule has 0 saturated carbocycles. The topological polar surface area (TPSA) is 72.2 Å². The third-order valence-electron chi connectivity index (χ3n) is 2.71. The van der Waals surface area contributed by atoms with Gasteiger partial charge in [0, 0.05) is 23.4 Å². The van der Waals surface area contributed by atoms with Gasteiger partial charge in [-0.3, -0.25) is 0 Å². The Morgan fingerprint density at radius 2 is 2.11 bits per heavy atom. The molecule has 4 nitrogen and oxygen atoms in total. The van der Waals surface area contributed by atoms with Crippen molar-refractivity contribution >= 4 is 33.4 Å². The van der Waals surface area contributed by atoms with Crippen molar-refractivity contribution in [1.29, 1.82) is 0 Å². The summed E-state index contributed by atoms with van der Waals surface area (Å²) in [4.78, 5) is 0.202. The normalized spacial score (nSPS) is 13.5. The summed E-state index contributed by atoms with van der Waals surface area (Å²) in [5.74, 6) is 0.711. The molecule has 0 aliphatic heterocycles. The molecule has 1 atom stereocenters. The fraction of sp³-hybridized carbons (Fsp3) is 0.500. The highest BCUT2D eigenvalue weighted by Gasteiger charge is 2.21. The zero-order valence-corrected chi connectivity index (χ0v) is 13.6. The van der Waals surface area contributed by atoms with Gasteiger partial charge in [-0.1, -0.05) is 11.6 Å². The van der Waals surface area contributed by atoms with Crippen molar-refractivity contribution in [3.05, 3.63) is 28.3 Å². The molecule has 0 radical (unpaired) electrons. The number of nitrogens with one attached hydrogen (secondary N) is 1. The van der Waals surface area contributed by atoms with Crippen LogP contribution in [0, 0.1) is 6.92 Å².